The highest BCUT2D eigenvalue weighted by Gasteiger charge is 2.16. The third-order valence-electron chi connectivity index (χ3n) is 7.93. The summed E-state index contributed by atoms with van der Waals surface area (Å²) in [5, 5.41) is 14.4. The van der Waals surface area contributed by atoms with Crippen LogP contribution in [0.4, 0.5) is 0 Å². The second kappa shape index (κ2) is 8.73. The van der Waals surface area contributed by atoms with Gasteiger partial charge in [0, 0.05) is 32.9 Å². The highest BCUT2D eigenvalue weighted by molar-refractivity contribution is 6.12. The maximum Gasteiger partial charge on any atom is 0.0992 e. The Morgan fingerprint density at radius 2 is 0.900 bits per heavy atom. The third-order valence-corrected chi connectivity index (χ3v) is 7.93. The Labute approximate surface area is 231 Å². The van der Waals surface area contributed by atoms with Crippen LogP contribution in [-0.4, -0.2) is 9.13 Å². The first-order chi connectivity index (χ1) is 19.8. The second-order valence-electron chi connectivity index (χ2n) is 10.2. The Bertz CT molecular complexity index is 2260. The van der Waals surface area contributed by atoms with Gasteiger partial charge in [0.1, 0.15) is 0 Å². The SMILES string of the molecule is N#Cc1ccc2c3cc(-c4ccc5c(c4)c4ccccc4n5-c4ccccc4)ccc3n(-c3ccccc3)c2c1. The van der Waals surface area contributed by atoms with Gasteiger partial charge in [-0.25, -0.2) is 0 Å². The van der Waals surface area contributed by atoms with E-state index in [0.29, 0.717) is 5.56 Å². The Kier molecular flexibility index (Phi) is 4.89. The van der Waals surface area contributed by atoms with Crippen LogP contribution in [-0.2, 0) is 0 Å². The molecule has 40 heavy (non-hydrogen) atoms. The molecule has 6 aromatic carbocycles. The van der Waals surface area contributed by atoms with Gasteiger partial charge in [-0.2, -0.15) is 5.26 Å². The lowest BCUT2D eigenvalue weighted by Crippen LogP contribution is -1.93. The Hall–Kier alpha value is -5.59. The number of hydrogen-bond donors (Lipinski definition) is 0. The summed E-state index contributed by atoms with van der Waals surface area (Å²) in [7, 11) is 0. The van der Waals surface area contributed by atoms with Gasteiger partial charge in [-0.05, 0) is 77.9 Å². The van der Waals surface area contributed by atoms with Crippen molar-refractivity contribution >= 4 is 43.6 Å². The first kappa shape index (κ1) is 22.4. The van der Waals surface area contributed by atoms with E-state index in [9.17, 15) is 5.26 Å². The number of benzene rings is 6. The minimum atomic E-state index is 0.660. The average Bonchev–Trinajstić information content (AvgIpc) is 3.53. The molecule has 0 aliphatic rings. The van der Waals surface area contributed by atoms with E-state index in [2.05, 4.69) is 137 Å². The molecule has 0 spiro atoms. The van der Waals surface area contributed by atoms with Gasteiger partial charge in [0.15, 0.2) is 0 Å². The zero-order valence-electron chi connectivity index (χ0n) is 21.6. The molecule has 0 saturated carbocycles. The quantitative estimate of drug-likeness (QED) is 0.233. The molecular formula is C37H23N3. The monoisotopic (exact) mass is 509 g/mol. The van der Waals surface area contributed by atoms with Crippen LogP contribution in [0.25, 0.3) is 66.1 Å². The predicted molar refractivity (Wildman–Crippen MR) is 165 cm³/mol. The van der Waals surface area contributed by atoms with E-state index in [-0.39, 0.29) is 0 Å². The summed E-state index contributed by atoms with van der Waals surface area (Å²) < 4.78 is 4.60. The van der Waals surface area contributed by atoms with Crippen LogP contribution >= 0.6 is 0 Å². The Morgan fingerprint density at radius 1 is 0.400 bits per heavy atom. The molecule has 0 bridgehead atoms. The molecule has 0 unspecified atom stereocenters. The summed E-state index contributed by atoms with van der Waals surface area (Å²) in [6, 6.07) is 51.3. The lowest BCUT2D eigenvalue weighted by Gasteiger charge is -2.09. The van der Waals surface area contributed by atoms with Gasteiger partial charge >= 0.3 is 0 Å². The van der Waals surface area contributed by atoms with Gasteiger partial charge in [0.2, 0.25) is 0 Å². The van der Waals surface area contributed by atoms with Crippen molar-refractivity contribution in [3.63, 3.8) is 0 Å². The molecule has 0 fully saturated rings. The predicted octanol–water partition coefficient (Wildman–Crippen LogP) is 9.42. The molecule has 0 N–H and O–H groups in total. The molecular weight excluding hydrogens is 486 g/mol. The highest BCUT2D eigenvalue weighted by Crippen LogP contribution is 2.38. The number of rotatable bonds is 3. The van der Waals surface area contributed by atoms with E-state index in [1.807, 2.05) is 18.2 Å². The molecule has 2 heterocycles. The summed E-state index contributed by atoms with van der Waals surface area (Å²) in [5.74, 6) is 0. The van der Waals surface area contributed by atoms with Crippen molar-refractivity contribution in [1.29, 1.82) is 5.26 Å². The molecule has 3 heteroatoms. The maximum atomic E-state index is 9.60. The Balaban J connectivity index is 1.37. The van der Waals surface area contributed by atoms with Crippen LogP contribution in [0.1, 0.15) is 5.56 Å². The van der Waals surface area contributed by atoms with Crippen LogP contribution < -0.4 is 0 Å². The largest absolute Gasteiger partial charge is 0.309 e. The van der Waals surface area contributed by atoms with E-state index >= 15 is 0 Å². The van der Waals surface area contributed by atoms with Gasteiger partial charge in [-0.15, -0.1) is 0 Å². The first-order valence-electron chi connectivity index (χ1n) is 13.4. The minimum Gasteiger partial charge on any atom is -0.309 e. The van der Waals surface area contributed by atoms with Crippen LogP contribution in [0.3, 0.4) is 0 Å². The fourth-order valence-electron chi connectivity index (χ4n) is 6.13. The molecule has 0 aliphatic heterocycles. The number of para-hydroxylation sites is 3. The maximum absolute atomic E-state index is 9.60. The van der Waals surface area contributed by atoms with Gasteiger partial charge in [-0.3, -0.25) is 0 Å². The van der Waals surface area contributed by atoms with E-state index in [0.717, 1.165) is 27.8 Å². The summed E-state index contributed by atoms with van der Waals surface area (Å²) in [4.78, 5) is 0. The third kappa shape index (κ3) is 3.30. The smallest absolute Gasteiger partial charge is 0.0992 e. The van der Waals surface area contributed by atoms with E-state index in [1.54, 1.807) is 0 Å². The van der Waals surface area contributed by atoms with Gasteiger partial charge < -0.3 is 9.13 Å². The lowest BCUT2D eigenvalue weighted by atomic mass is 10.0. The van der Waals surface area contributed by atoms with Crippen LogP contribution in [0.2, 0.25) is 0 Å². The number of hydrogen-bond acceptors (Lipinski definition) is 1. The molecule has 0 radical (unpaired) electrons. The summed E-state index contributed by atoms with van der Waals surface area (Å²) >= 11 is 0. The van der Waals surface area contributed by atoms with Crippen LogP contribution in [0, 0.1) is 11.3 Å². The van der Waals surface area contributed by atoms with Crippen molar-refractivity contribution in [3.8, 4) is 28.6 Å². The van der Waals surface area contributed by atoms with Gasteiger partial charge in [0.25, 0.3) is 0 Å². The molecule has 0 aliphatic carbocycles. The molecule has 8 rings (SSSR count). The average molecular weight is 510 g/mol. The number of aromatic nitrogens is 2. The van der Waals surface area contributed by atoms with Crippen molar-refractivity contribution in [2.24, 2.45) is 0 Å². The minimum absolute atomic E-state index is 0.660. The Morgan fingerprint density at radius 3 is 1.50 bits per heavy atom. The van der Waals surface area contributed by atoms with Crippen molar-refractivity contribution in [3.05, 3.63) is 145 Å². The molecule has 0 amide bonds. The zero-order valence-corrected chi connectivity index (χ0v) is 21.6. The van der Waals surface area contributed by atoms with Gasteiger partial charge in [-0.1, -0.05) is 72.8 Å². The normalized spacial score (nSPS) is 11.5. The molecule has 0 saturated heterocycles. The lowest BCUT2D eigenvalue weighted by molar-refractivity contribution is 1.18. The standard InChI is InChI=1S/C37H23N3/c38-24-25-15-18-31-33-23-27(17-20-36(33)40(37(31)21-25)29-11-5-2-6-12-29)26-16-19-35-32(22-26)30-13-7-8-14-34(30)39(35)28-9-3-1-4-10-28/h1-23H. The molecule has 186 valence electrons. The van der Waals surface area contributed by atoms with Gasteiger partial charge in [0.05, 0.1) is 33.7 Å². The van der Waals surface area contributed by atoms with E-state index in [4.69, 9.17) is 0 Å². The number of nitriles is 1. The van der Waals surface area contributed by atoms with Crippen molar-refractivity contribution in [2.45, 2.75) is 0 Å². The van der Waals surface area contributed by atoms with Crippen LogP contribution in [0.15, 0.2) is 140 Å². The molecule has 8 aromatic rings. The summed E-state index contributed by atoms with van der Waals surface area (Å²) in [5.41, 5.74) is 9.82. The molecule has 2 aromatic heterocycles. The molecule has 0 atom stereocenters. The van der Waals surface area contributed by atoms with E-state index in [1.165, 1.54) is 38.3 Å². The first-order valence-corrected chi connectivity index (χ1v) is 13.4. The van der Waals surface area contributed by atoms with Crippen LogP contribution in [0.5, 0.6) is 0 Å². The summed E-state index contributed by atoms with van der Waals surface area (Å²) in [6.45, 7) is 0. The fraction of sp³-hybridized carbons (Fsp3) is 0. The number of fused-ring (bicyclic) bond motifs is 6. The zero-order chi connectivity index (χ0) is 26.6. The topological polar surface area (TPSA) is 33.6 Å². The second-order valence-corrected chi connectivity index (χ2v) is 10.2. The fourth-order valence-corrected chi connectivity index (χ4v) is 6.13. The van der Waals surface area contributed by atoms with E-state index < -0.39 is 0 Å². The van der Waals surface area contributed by atoms with Crippen molar-refractivity contribution < 1.29 is 0 Å². The highest BCUT2D eigenvalue weighted by atomic mass is 15.0. The summed E-state index contributed by atoms with van der Waals surface area (Å²) in [6.07, 6.45) is 0. The molecule has 3 nitrogen and oxygen atoms in total. The van der Waals surface area contributed by atoms with Crippen molar-refractivity contribution in [2.75, 3.05) is 0 Å². The van der Waals surface area contributed by atoms with Crippen molar-refractivity contribution in [1.82, 2.24) is 9.13 Å². The number of nitrogens with zero attached hydrogens (tertiary/aromatic N) is 3.